The van der Waals surface area contributed by atoms with Crippen LogP contribution in [-0.4, -0.2) is 13.0 Å². The molecule has 0 aliphatic rings. The zero-order chi connectivity index (χ0) is 24.2. The van der Waals surface area contributed by atoms with E-state index < -0.39 is 64.3 Å². The second-order valence-corrected chi connectivity index (χ2v) is 7.26. The summed E-state index contributed by atoms with van der Waals surface area (Å²) in [7, 11) is 0. The number of hydrogen-bond acceptors (Lipinski definition) is 1. The maximum absolute atomic E-state index is 15.2. The van der Waals surface area contributed by atoms with E-state index in [4.69, 9.17) is 0 Å². The highest BCUT2D eigenvalue weighted by atomic mass is 19.4. The lowest BCUT2D eigenvalue weighted by Crippen LogP contribution is -2.18. The van der Waals surface area contributed by atoms with Crippen LogP contribution in [0.2, 0.25) is 0 Å². The summed E-state index contributed by atoms with van der Waals surface area (Å²) in [6, 6.07) is 7.85. The molecule has 0 N–H and O–H groups in total. The molecule has 0 bridgehead atoms. The summed E-state index contributed by atoms with van der Waals surface area (Å²) < 4.78 is 113. The number of benzene rings is 3. The van der Waals surface area contributed by atoms with E-state index in [-0.39, 0.29) is 0 Å². The Morgan fingerprint density at radius 2 is 1.36 bits per heavy atom. The number of ether oxygens (including phenoxy) is 1. The number of halogens is 8. The van der Waals surface area contributed by atoms with Crippen molar-refractivity contribution in [3.8, 4) is 28.0 Å². The predicted octanol–water partition coefficient (Wildman–Crippen LogP) is 8.16. The quantitative estimate of drug-likeness (QED) is 0.236. The first kappa shape index (κ1) is 24.5. The van der Waals surface area contributed by atoms with Gasteiger partial charge in [0.25, 0.3) is 0 Å². The number of rotatable bonds is 8. The van der Waals surface area contributed by atoms with Crippen molar-refractivity contribution in [3.63, 3.8) is 0 Å². The predicted molar refractivity (Wildman–Crippen MR) is 107 cm³/mol. The summed E-state index contributed by atoms with van der Waals surface area (Å²) in [6.45, 7) is -0.474. The van der Waals surface area contributed by atoms with Crippen LogP contribution in [0.4, 0.5) is 35.1 Å². The van der Waals surface area contributed by atoms with Crippen LogP contribution in [0.1, 0.15) is 24.8 Å². The molecule has 0 aromatic heterocycles. The van der Waals surface area contributed by atoms with E-state index in [1.54, 1.807) is 0 Å². The zero-order valence-electron chi connectivity index (χ0n) is 17.1. The van der Waals surface area contributed by atoms with Crippen LogP contribution in [0.5, 0.6) is 5.75 Å². The van der Waals surface area contributed by atoms with Crippen LogP contribution in [0.25, 0.3) is 22.3 Å². The highest BCUT2D eigenvalue weighted by Crippen LogP contribution is 2.42. The molecule has 0 saturated heterocycles. The van der Waals surface area contributed by atoms with Crippen LogP contribution >= 0.6 is 0 Å². The third-order valence-corrected chi connectivity index (χ3v) is 4.97. The molecule has 0 heterocycles. The first-order valence-electron chi connectivity index (χ1n) is 9.99. The summed E-state index contributed by atoms with van der Waals surface area (Å²) in [5.41, 5.74) is -1.98. The van der Waals surface area contributed by atoms with Gasteiger partial charge in [-0.15, -0.1) is 13.2 Å². The minimum Gasteiger partial charge on any atom is -0.403 e. The smallest absolute Gasteiger partial charge is 0.403 e. The van der Waals surface area contributed by atoms with Gasteiger partial charge in [-0.05, 0) is 60.7 Å². The Hall–Kier alpha value is -3.10. The average molecular weight is 474 g/mol. The number of hydrogen-bond donors (Lipinski definition) is 0. The van der Waals surface area contributed by atoms with Gasteiger partial charge in [0.15, 0.2) is 11.6 Å². The van der Waals surface area contributed by atoms with Crippen LogP contribution in [0, 0.1) is 23.3 Å². The summed E-state index contributed by atoms with van der Waals surface area (Å²) in [5, 5.41) is 0. The molecule has 0 aliphatic heterocycles. The van der Waals surface area contributed by atoms with E-state index in [0.29, 0.717) is 37.3 Å². The zero-order valence-corrected chi connectivity index (χ0v) is 17.1. The monoisotopic (exact) mass is 474 g/mol. The molecule has 3 aromatic rings. The van der Waals surface area contributed by atoms with Gasteiger partial charge in [0.2, 0.25) is 0 Å². The Bertz CT molecular complexity index is 1100. The van der Waals surface area contributed by atoms with Crippen molar-refractivity contribution >= 4 is 0 Å². The van der Waals surface area contributed by atoms with Crippen molar-refractivity contribution in [2.75, 3.05) is 6.67 Å². The summed E-state index contributed by atoms with van der Waals surface area (Å²) in [6.07, 6.45) is -3.36. The van der Waals surface area contributed by atoms with Crippen LogP contribution in [0.3, 0.4) is 0 Å². The molecule has 0 radical (unpaired) electrons. The Kier molecular flexibility index (Phi) is 7.61. The van der Waals surface area contributed by atoms with Gasteiger partial charge in [0.1, 0.15) is 17.5 Å². The largest absolute Gasteiger partial charge is 0.573 e. The molecule has 0 atom stereocenters. The van der Waals surface area contributed by atoms with Gasteiger partial charge in [-0.1, -0.05) is 24.6 Å². The number of alkyl halides is 4. The third kappa shape index (κ3) is 5.83. The molecule has 3 rings (SSSR count). The van der Waals surface area contributed by atoms with Crippen molar-refractivity contribution in [3.05, 3.63) is 77.4 Å². The Morgan fingerprint density at radius 1 is 0.697 bits per heavy atom. The fraction of sp³-hybridized carbons (Fsp3) is 0.250. The molecule has 0 fully saturated rings. The molecule has 0 saturated carbocycles. The van der Waals surface area contributed by atoms with Gasteiger partial charge < -0.3 is 4.74 Å². The molecule has 0 aliphatic carbocycles. The van der Waals surface area contributed by atoms with E-state index in [1.165, 1.54) is 6.07 Å². The summed E-state index contributed by atoms with van der Waals surface area (Å²) in [4.78, 5) is 0. The molecule has 0 spiro atoms. The van der Waals surface area contributed by atoms with Crippen molar-refractivity contribution in [2.24, 2.45) is 0 Å². The van der Waals surface area contributed by atoms with Crippen molar-refractivity contribution < 1.29 is 39.9 Å². The van der Waals surface area contributed by atoms with Gasteiger partial charge in [-0.25, -0.2) is 17.6 Å². The molecule has 0 unspecified atom stereocenters. The van der Waals surface area contributed by atoms with Gasteiger partial charge in [-0.3, -0.25) is 4.39 Å². The lowest BCUT2D eigenvalue weighted by Gasteiger charge is -2.17. The van der Waals surface area contributed by atoms with E-state index >= 15 is 4.39 Å². The number of unbranched alkanes of at least 4 members (excludes halogenated alkanes) is 2. The van der Waals surface area contributed by atoms with Gasteiger partial charge in [0, 0.05) is 11.1 Å². The molecular weight excluding hydrogens is 456 g/mol. The van der Waals surface area contributed by atoms with Gasteiger partial charge in [-0.2, -0.15) is 0 Å². The molecular formula is C24H18F8O. The van der Waals surface area contributed by atoms with Gasteiger partial charge in [0.05, 0.1) is 12.2 Å². The lowest BCUT2D eigenvalue weighted by atomic mass is 9.91. The van der Waals surface area contributed by atoms with E-state index in [9.17, 15) is 30.7 Å². The van der Waals surface area contributed by atoms with Gasteiger partial charge >= 0.3 is 6.36 Å². The van der Waals surface area contributed by atoms with E-state index in [2.05, 4.69) is 4.74 Å². The highest BCUT2D eigenvalue weighted by Gasteiger charge is 2.34. The lowest BCUT2D eigenvalue weighted by molar-refractivity contribution is -0.275. The topological polar surface area (TPSA) is 9.23 Å². The standard InChI is InChI=1S/C24H18F8O/c25-12-3-1-2-5-14-8-9-15(19(28)13-14)21-16(22-17(26)6-4-7-18(22)27)10-11-20(23(21)29)33-24(30,31)32/h4,6-11,13H,1-3,5,12H2. The second kappa shape index (κ2) is 10.2. The fourth-order valence-electron chi connectivity index (χ4n) is 3.50. The van der Waals surface area contributed by atoms with Crippen LogP contribution < -0.4 is 4.74 Å². The molecule has 33 heavy (non-hydrogen) atoms. The minimum atomic E-state index is -5.25. The van der Waals surface area contributed by atoms with E-state index in [0.717, 1.165) is 36.4 Å². The van der Waals surface area contributed by atoms with Crippen LogP contribution in [-0.2, 0) is 6.42 Å². The molecule has 176 valence electrons. The minimum absolute atomic E-state index is 0.356. The third-order valence-electron chi connectivity index (χ3n) is 4.97. The first-order chi connectivity index (χ1) is 15.6. The Morgan fingerprint density at radius 3 is 1.97 bits per heavy atom. The SMILES string of the molecule is FCCCCCc1ccc(-c2c(-c3c(F)cccc3F)ccc(OC(F)(F)F)c2F)c(F)c1. The maximum Gasteiger partial charge on any atom is 0.573 e. The summed E-state index contributed by atoms with van der Waals surface area (Å²) in [5.74, 6) is -6.11. The highest BCUT2D eigenvalue weighted by molar-refractivity contribution is 5.86. The molecule has 1 nitrogen and oxygen atoms in total. The average Bonchev–Trinajstić information content (AvgIpc) is 2.73. The Balaban J connectivity index is 2.15. The summed E-state index contributed by atoms with van der Waals surface area (Å²) >= 11 is 0. The Labute approximate surface area is 184 Å². The number of aryl methyl sites for hydroxylation is 1. The van der Waals surface area contributed by atoms with Crippen molar-refractivity contribution in [2.45, 2.75) is 32.0 Å². The normalized spacial score (nSPS) is 11.6. The molecule has 3 aromatic carbocycles. The van der Waals surface area contributed by atoms with Crippen LogP contribution in [0.15, 0.2) is 48.5 Å². The van der Waals surface area contributed by atoms with Crippen molar-refractivity contribution in [1.29, 1.82) is 0 Å². The van der Waals surface area contributed by atoms with E-state index in [1.807, 2.05) is 0 Å². The molecule has 0 amide bonds. The first-order valence-corrected chi connectivity index (χ1v) is 9.99. The second-order valence-electron chi connectivity index (χ2n) is 7.26. The maximum atomic E-state index is 15.2. The molecule has 9 heteroatoms. The van der Waals surface area contributed by atoms with Crippen molar-refractivity contribution in [1.82, 2.24) is 0 Å². The fourth-order valence-corrected chi connectivity index (χ4v) is 3.50.